The van der Waals surface area contributed by atoms with Crippen LogP contribution in [-0.2, 0) is 21.2 Å². The summed E-state index contributed by atoms with van der Waals surface area (Å²) in [5.41, 5.74) is 3.44. The van der Waals surface area contributed by atoms with E-state index in [1.165, 1.54) is 4.31 Å². The number of methoxy groups -OCH3 is 1. The van der Waals surface area contributed by atoms with Crippen LogP contribution in [0, 0.1) is 13.8 Å². The highest BCUT2D eigenvalue weighted by Crippen LogP contribution is 2.24. The first kappa shape index (κ1) is 21.8. The molecule has 1 amide bonds. The van der Waals surface area contributed by atoms with Crippen LogP contribution in [0.1, 0.15) is 23.6 Å². The summed E-state index contributed by atoms with van der Waals surface area (Å²) in [6.07, 6.45) is 1.76. The van der Waals surface area contributed by atoms with Gasteiger partial charge in [-0.15, -0.1) is 0 Å². The van der Waals surface area contributed by atoms with Gasteiger partial charge in [0.25, 0.3) is 0 Å². The lowest BCUT2D eigenvalue weighted by atomic mass is 10.1. The Morgan fingerprint density at radius 3 is 2.18 bits per heavy atom. The third-order valence-corrected chi connectivity index (χ3v) is 5.66. The van der Waals surface area contributed by atoms with Gasteiger partial charge >= 0.3 is 0 Å². The summed E-state index contributed by atoms with van der Waals surface area (Å²) in [6.45, 7) is 5.81. The molecule has 0 aromatic heterocycles. The van der Waals surface area contributed by atoms with Crippen molar-refractivity contribution in [2.75, 3.05) is 24.2 Å². The molecule has 0 saturated carbocycles. The quantitative estimate of drug-likeness (QED) is 0.734. The van der Waals surface area contributed by atoms with Crippen molar-refractivity contribution >= 4 is 21.6 Å². The summed E-state index contributed by atoms with van der Waals surface area (Å²) in [4.78, 5) is 12.6. The molecular formula is C21H28N2O4S. The molecule has 0 bridgehead atoms. The molecule has 2 aromatic carbocycles. The molecular weight excluding hydrogens is 376 g/mol. The van der Waals surface area contributed by atoms with Crippen molar-refractivity contribution in [2.45, 2.75) is 33.2 Å². The second-order valence-corrected chi connectivity index (χ2v) is 8.83. The number of amides is 1. The maximum Gasteiger partial charge on any atom is 0.243 e. The lowest BCUT2D eigenvalue weighted by Gasteiger charge is -2.28. The van der Waals surface area contributed by atoms with E-state index in [-0.39, 0.29) is 5.91 Å². The van der Waals surface area contributed by atoms with Crippen LogP contribution in [0.5, 0.6) is 5.75 Å². The molecule has 0 aliphatic rings. The summed E-state index contributed by atoms with van der Waals surface area (Å²) >= 11 is 0. The first-order valence-corrected chi connectivity index (χ1v) is 10.9. The summed E-state index contributed by atoms with van der Waals surface area (Å²) < 4.78 is 31.1. The van der Waals surface area contributed by atoms with Crippen molar-refractivity contribution in [1.82, 2.24) is 5.32 Å². The minimum Gasteiger partial charge on any atom is -0.497 e. The van der Waals surface area contributed by atoms with Crippen LogP contribution in [0.4, 0.5) is 5.69 Å². The van der Waals surface area contributed by atoms with Gasteiger partial charge in [0.15, 0.2) is 0 Å². The minimum absolute atomic E-state index is 0.335. The predicted molar refractivity (Wildman–Crippen MR) is 112 cm³/mol. The molecule has 0 aliphatic carbocycles. The molecule has 0 aliphatic heterocycles. The Morgan fingerprint density at radius 2 is 1.68 bits per heavy atom. The number of carbonyl (C=O) groups is 1. The van der Waals surface area contributed by atoms with Crippen molar-refractivity contribution in [2.24, 2.45) is 0 Å². The van der Waals surface area contributed by atoms with Gasteiger partial charge in [0, 0.05) is 6.54 Å². The number of hydrogen-bond acceptors (Lipinski definition) is 4. The molecule has 6 nitrogen and oxygen atoms in total. The Hall–Kier alpha value is -2.54. The van der Waals surface area contributed by atoms with E-state index in [0.29, 0.717) is 18.7 Å². The van der Waals surface area contributed by atoms with Gasteiger partial charge in [0.2, 0.25) is 15.9 Å². The average Bonchev–Trinajstić information content (AvgIpc) is 2.60. The lowest BCUT2D eigenvalue weighted by molar-refractivity contribution is -0.121. The highest BCUT2D eigenvalue weighted by atomic mass is 32.2. The molecule has 1 atom stereocenters. The maximum absolute atomic E-state index is 12.6. The normalized spacial score (nSPS) is 12.3. The Balaban J connectivity index is 2.08. The second-order valence-electron chi connectivity index (χ2n) is 6.97. The summed E-state index contributed by atoms with van der Waals surface area (Å²) in [6, 6.07) is 12.3. The van der Waals surface area contributed by atoms with Crippen LogP contribution >= 0.6 is 0 Å². The monoisotopic (exact) mass is 404 g/mol. The number of rotatable bonds is 8. The van der Waals surface area contributed by atoms with Gasteiger partial charge in [-0.05, 0) is 68.1 Å². The Bertz CT molecular complexity index is 904. The van der Waals surface area contributed by atoms with Crippen LogP contribution in [0.2, 0.25) is 0 Å². The van der Waals surface area contributed by atoms with Gasteiger partial charge in [0.1, 0.15) is 11.8 Å². The third-order valence-electron chi connectivity index (χ3n) is 4.42. The largest absolute Gasteiger partial charge is 0.497 e. The number of ether oxygens (including phenoxy) is 1. The standard InChI is InChI=1S/C21H28N2O4S/c1-15-12-16(2)14-19(13-15)23(28(5,25)26)17(3)21(24)22-11-10-18-6-8-20(27-4)9-7-18/h6-9,12-14,17H,10-11H2,1-5H3,(H,22,24)/t17-/m1/s1. The third kappa shape index (κ3) is 5.73. The average molecular weight is 405 g/mol. The molecule has 0 heterocycles. The number of hydrogen-bond donors (Lipinski definition) is 1. The molecule has 0 fully saturated rings. The fourth-order valence-electron chi connectivity index (χ4n) is 3.16. The summed E-state index contributed by atoms with van der Waals surface area (Å²) in [7, 11) is -2.01. The van der Waals surface area contributed by atoms with Crippen LogP contribution in [-0.4, -0.2) is 40.3 Å². The minimum atomic E-state index is -3.62. The van der Waals surface area contributed by atoms with E-state index in [0.717, 1.165) is 28.7 Å². The molecule has 0 unspecified atom stereocenters. The van der Waals surface area contributed by atoms with E-state index in [9.17, 15) is 13.2 Å². The van der Waals surface area contributed by atoms with Gasteiger partial charge in [-0.2, -0.15) is 0 Å². The van der Waals surface area contributed by atoms with Crippen molar-refractivity contribution in [3.8, 4) is 5.75 Å². The van der Waals surface area contributed by atoms with Crippen molar-refractivity contribution in [3.05, 3.63) is 59.2 Å². The van der Waals surface area contributed by atoms with E-state index in [1.54, 1.807) is 26.2 Å². The number of sulfonamides is 1. The number of aryl methyl sites for hydroxylation is 2. The van der Waals surface area contributed by atoms with E-state index < -0.39 is 16.1 Å². The van der Waals surface area contributed by atoms with Crippen molar-refractivity contribution < 1.29 is 17.9 Å². The second kappa shape index (κ2) is 9.10. The van der Waals surface area contributed by atoms with Gasteiger partial charge in [0.05, 0.1) is 19.1 Å². The molecule has 152 valence electrons. The number of carbonyl (C=O) groups excluding carboxylic acids is 1. The van der Waals surface area contributed by atoms with E-state index in [4.69, 9.17) is 4.74 Å². The van der Waals surface area contributed by atoms with Crippen LogP contribution in [0.25, 0.3) is 0 Å². The smallest absolute Gasteiger partial charge is 0.243 e. The Morgan fingerprint density at radius 1 is 1.11 bits per heavy atom. The number of benzene rings is 2. The van der Waals surface area contributed by atoms with E-state index >= 15 is 0 Å². The Kier molecular flexibility index (Phi) is 7.07. The first-order valence-electron chi connectivity index (χ1n) is 9.10. The first-order chi connectivity index (χ1) is 13.1. The molecule has 2 rings (SSSR count). The number of nitrogens with one attached hydrogen (secondary N) is 1. The topological polar surface area (TPSA) is 75.7 Å². The Labute approximate surface area is 167 Å². The molecule has 0 spiro atoms. The fourth-order valence-corrected chi connectivity index (χ4v) is 4.32. The molecule has 7 heteroatoms. The van der Waals surface area contributed by atoms with Gasteiger partial charge in [-0.1, -0.05) is 18.2 Å². The van der Waals surface area contributed by atoms with Crippen LogP contribution in [0.3, 0.4) is 0 Å². The fraction of sp³-hybridized carbons (Fsp3) is 0.381. The van der Waals surface area contributed by atoms with Gasteiger partial charge in [-0.25, -0.2) is 8.42 Å². The molecule has 1 N–H and O–H groups in total. The molecule has 28 heavy (non-hydrogen) atoms. The SMILES string of the molecule is COc1ccc(CCNC(=O)[C@@H](C)N(c2cc(C)cc(C)c2)S(C)(=O)=O)cc1. The summed E-state index contributed by atoms with van der Waals surface area (Å²) in [5.74, 6) is 0.441. The highest BCUT2D eigenvalue weighted by molar-refractivity contribution is 7.92. The van der Waals surface area contributed by atoms with E-state index in [2.05, 4.69) is 5.32 Å². The van der Waals surface area contributed by atoms with Crippen LogP contribution in [0.15, 0.2) is 42.5 Å². The zero-order chi connectivity index (χ0) is 20.9. The highest BCUT2D eigenvalue weighted by Gasteiger charge is 2.29. The summed E-state index contributed by atoms with van der Waals surface area (Å²) in [5, 5.41) is 2.83. The van der Waals surface area contributed by atoms with Crippen molar-refractivity contribution in [1.29, 1.82) is 0 Å². The zero-order valence-corrected chi connectivity index (χ0v) is 17.8. The lowest BCUT2D eigenvalue weighted by Crippen LogP contribution is -2.48. The van der Waals surface area contributed by atoms with Crippen molar-refractivity contribution in [3.63, 3.8) is 0 Å². The maximum atomic E-state index is 12.6. The number of anilines is 1. The van der Waals surface area contributed by atoms with Crippen LogP contribution < -0.4 is 14.4 Å². The molecule has 2 aromatic rings. The molecule has 0 radical (unpaired) electrons. The zero-order valence-electron chi connectivity index (χ0n) is 17.0. The van der Waals surface area contributed by atoms with Gasteiger partial charge in [-0.3, -0.25) is 9.10 Å². The molecule has 0 saturated heterocycles. The predicted octanol–water partition coefficient (Wildman–Crippen LogP) is 2.83. The number of nitrogens with zero attached hydrogens (tertiary/aromatic N) is 1. The van der Waals surface area contributed by atoms with E-state index in [1.807, 2.05) is 44.2 Å². The van der Waals surface area contributed by atoms with Gasteiger partial charge < -0.3 is 10.1 Å².